The molecule has 0 aliphatic heterocycles. The molecule has 1 aromatic rings. The van der Waals surface area contributed by atoms with E-state index in [4.69, 9.17) is 10.5 Å². The maximum atomic E-state index is 13.5. The van der Waals surface area contributed by atoms with Crippen molar-refractivity contribution in [1.82, 2.24) is 5.32 Å². The summed E-state index contributed by atoms with van der Waals surface area (Å²) in [6.07, 6.45) is 4.55. The van der Waals surface area contributed by atoms with Crippen molar-refractivity contribution in [2.75, 3.05) is 7.11 Å². The van der Waals surface area contributed by atoms with Gasteiger partial charge < -0.3 is 15.8 Å². The number of nitrogens with one attached hydrogen (secondary N) is 1. The minimum atomic E-state index is -0.761. The van der Waals surface area contributed by atoms with E-state index >= 15 is 0 Å². The van der Waals surface area contributed by atoms with Crippen LogP contribution >= 0.6 is 12.4 Å². The normalized spacial score (nSPS) is 16.7. The second kappa shape index (κ2) is 7.61. The molecule has 4 nitrogen and oxygen atoms in total. The fourth-order valence-corrected chi connectivity index (χ4v) is 2.59. The molecule has 21 heavy (non-hydrogen) atoms. The fraction of sp³-hybridized carbons (Fsp3) is 0.533. The van der Waals surface area contributed by atoms with Crippen LogP contribution in [0.3, 0.4) is 0 Å². The van der Waals surface area contributed by atoms with E-state index in [1.54, 1.807) is 12.1 Å². The van der Waals surface area contributed by atoms with Crippen LogP contribution in [-0.4, -0.2) is 18.6 Å². The smallest absolute Gasteiger partial charge is 0.240 e. The van der Waals surface area contributed by atoms with Crippen LogP contribution in [0.2, 0.25) is 0 Å². The summed E-state index contributed by atoms with van der Waals surface area (Å²) < 4.78 is 18.4. The van der Waals surface area contributed by atoms with Crippen LogP contribution < -0.4 is 15.8 Å². The van der Waals surface area contributed by atoms with Crippen molar-refractivity contribution < 1.29 is 13.9 Å². The van der Waals surface area contributed by atoms with Gasteiger partial charge in [0.05, 0.1) is 12.6 Å². The predicted octanol–water partition coefficient (Wildman–Crippen LogP) is 2.53. The molecule has 1 amide bonds. The van der Waals surface area contributed by atoms with Gasteiger partial charge in [0.1, 0.15) is 0 Å². The molecule has 0 unspecified atom stereocenters. The average molecular weight is 317 g/mol. The standard InChI is InChI=1S/C15H21FN2O2.ClH/c1-20-13-6-5-11(9-12(13)16)10-18-14(19)15(17)7-3-2-4-8-15;/h5-6,9H,2-4,7-8,10,17H2,1H3,(H,18,19);1H. The van der Waals surface area contributed by atoms with E-state index in [0.717, 1.165) is 32.1 Å². The molecule has 1 aromatic carbocycles. The second-order valence-corrected chi connectivity index (χ2v) is 5.37. The summed E-state index contributed by atoms with van der Waals surface area (Å²) in [5, 5.41) is 2.80. The van der Waals surface area contributed by atoms with E-state index in [1.165, 1.54) is 13.2 Å². The summed E-state index contributed by atoms with van der Waals surface area (Å²) in [6.45, 7) is 0.276. The third-order valence-electron chi connectivity index (χ3n) is 3.87. The van der Waals surface area contributed by atoms with Crippen LogP contribution in [0.4, 0.5) is 4.39 Å². The molecule has 0 heterocycles. The predicted molar refractivity (Wildman–Crippen MR) is 82.1 cm³/mol. The van der Waals surface area contributed by atoms with Gasteiger partial charge in [-0.1, -0.05) is 25.3 Å². The first-order chi connectivity index (χ1) is 9.55. The monoisotopic (exact) mass is 316 g/mol. The molecule has 118 valence electrons. The number of hydrogen-bond acceptors (Lipinski definition) is 3. The molecule has 0 saturated heterocycles. The van der Waals surface area contributed by atoms with Gasteiger partial charge in [-0.3, -0.25) is 4.79 Å². The summed E-state index contributed by atoms with van der Waals surface area (Å²) in [5.74, 6) is -0.379. The van der Waals surface area contributed by atoms with Crippen molar-refractivity contribution in [3.63, 3.8) is 0 Å². The molecule has 1 aliphatic carbocycles. The Hall–Kier alpha value is -1.33. The lowest BCUT2D eigenvalue weighted by Crippen LogP contribution is -2.54. The third kappa shape index (κ3) is 4.32. The molecule has 6 heteroatoms. The summed E-state index contributed by atoms with van der Waals surface area (Å²) >= 11 is 0. The van der Waals surface area contributed by atoms with Gasteiger partial charge in [-0.2, -0.15) is 0 Å². The van der Waals surface area contributed by atoms with E-state index in [2.05, 4.69) is 5.32 Å². The van der Waals surface area contributed by atoms with Gasteiger partial charge in [0, 0.05) is 6.54 Å². The Morgan fingerprint density at radius 3 is 2.62 bits per heavy atom. The lowest BCUT2D eigenvalue weighted by Gasteiger charge is -2.31. The van der Waals surface area contributed by atoms with Gasteiger partial charge in [-0.25, -0.2) is 4.39 Å². The lowest BCUT2D eigenvalue weighted by atomic mass is 9.82. The number of carbonyl (C=O) groups excluding carboxylic acids is 1. The van der Waals surface area contributed by atoms with E-state index in [-0.39, 0.29) is 30.6 Å². The first kappa shape index (κ1) is 17.7. The SMILES string of the molecule is COc1ccc(CNC(=O)C2(N)CCCCC2)cc1F.Cl. The number of nitrogens with two attached hydrogens (primary N) is 1. The number of amides is 1. The van der Waals surface area contributed by atoms with Gasteiger partial charge in [0.25, 0.3) is 0 Å². The number of methoxy groups -OCH3 is 1. The average Bonchev–Trinajstić information content (AvgIpc) is 2.45. The Labute approximate surface area is 130 Å². The van der Waals surface area contributed by atoms with Crippen molar-refractivity contribution in [3.05, 3.63) is 29.6 Å². The Balaban J connectivity index is 0.00000220. The molecule has 1 aliphatic rings. The zero-order chi connectivity index (χ0) is 14.6. The van der Waals surface area contributed by atoms with Crippen molar-refractivity contribution in [2.24, 2.45) is 5.73 Å². The van der Waals surface area contributed by atoms with Crippen molar-refractivity contribution >= 4 is 18.3 Å². The van der Waals surface area contributed by atoms with Crippen LogP contribution in [0.1, 0.15) is 37.7 Å². The highest BCUT2D eigenvalue weighted by Gasteiger charge is 2.34. The summed E-state index contributed by atoms with van der Waals surface area (Å²) in [7, 11) is 1.42. The van der Waals surface area contributed by atoms with E-state index in [1.807, 2.05) is 0 Å². The number of benzene rings is 1. The van der Waals surface area contributed by atoms with Gasteiger partial charge in [-0.15, -0.1) is 12.4 Å². The number of ether oxygens (including phenoxy) is 1. The molecular weight excluding hydrogens is 295 g/mol. The van der Waals surface area contributed by atoms with Crippen molar-refractivity contribution in [1.29, 1.82) is 0 Å². The van der Waals surface area contributed by atoms with Crippen molar-refractivity contribution in [2.45, 2.75) is 44.2 Å². The van der Waals surface area contributed by atoms with E-state index in [0.29, 0.717) is 5.56 Å². The molecule has 1 saturated carbocycles. The Kier molecular flexibility index (Phi) is 6.42. The van der Waals surface area contributed by atoms with Crippen LogP contribution in [0.25, 0.3) is 0 Å². The Morgan fingerprint density at radius 2 is 2.05 bits per heavy atom. The highest BCUT2D eigenvalue weighted by Crippen LogP contribution is 2.26. The molecule has 2 rings (SSSR count). The maximum Gasteiger partial charge on any atom is 0.240 e. The first-order valence-corrected chi connectivity index (χ1v) is 6.95. The largest absolute Gasteiger partial charge is 0.494 e. The van der Waals surface area contributed by atoms with Crippen molar-refractivity contribution in [3.8, 4) is 5.75 Å². The van der Waals surface area contributed by atoms with Gasteiger partial charge in [0.2, 0.25) is 5.91 Å². The first-order valence-electron chi connectivity index (χ1n) is 6.95. The number of rotatable bonds is 4. The van der Waals surface area contributed by atoms with Crippen LogP contribution in [0.5, 0.6) is 5.75 Å². The molecule has 1 fully saturated rings. The minimum absolute atomic E-state index is 0. The molecule has 0 atom stereocenters. The molecule has 0 spiro atoms. The molecular formula is C15H22ClFN2O2. The number of carbonyl (C=O) groups is 1. The zero-order valence-corrected chi connectivity index (χ0v) is 13.0. The van der Waals surface area contributed by atoms with Gasteiger partial charge in [-0.05, 0) is 30.5 Å². The van der Waals surface area contributed by atoms with E-state index < -0.39 is 11.4 Å². The molecule has 0 radical (unpaired) electrons. The van der Waals surface area contributed by atoms with Gasteiger partial charge >= 0.3 is 0 Å². The Morgan fingerprint density at radius 1 is 1.38 bits per heavy atom. The van der Waals surface area contributed by atoms with Crippen LogP contribution in [0.15, 0.2) is 18.2 Å². The number of hydrogen-bond donors (Lipinski definition) is 2. The summed E-state index contributed by atoms with van der Waals surface area (Å²) in [4.78, 5) is 12.1. The topological polar surface area (TPSA) is 64.3 Å². The fourth-order valence-electron chi connectivity index (χ4n) is 2.59. The summed E-state index contributed by atoms with van der Waals surface area (Å²) in [6, 6.07) is 4.64. The maximum absolute atomic E-state index is 13.5. The minimum Gasteiger partial charge on any atom is -0.494 e. The van der Waals surface area contributed by atoms with E-state index in [9.17, 15) is 9.18 Å². The van der Waals surface area contributed by atoms with Gasteiger partial charge in [0.15, 0.2) is 11.6 Å². The lowest BCUT2D eigenvalue weighted by molar-refractivity contribution is -0.127. The highest BCUT2D eigenvalue weighted by atomic mass is 35.5. The molecule has 3 N–H and O–H groups in total. The molecule has 0 bridgehead atoms. The van der Waals surface area contributed by atoms with Crippen LogP contribution in [0, 0.1) is 5.82 Å². The molecule has 0 aromatic heterocycles. The summed E-state index contributed by atoms with van der Waals surface area (Å²) in [5.41, 5.74) is 6.07. The third-order valence-corrected chi connectivity index (χ3v) is 3.87. The number of halogens is 2. The highest BCUT2D eigenvalue weighted by molar-refractivity contribution is 5.86. The van der Waals surface area contributed by atoms with Crippen LogP contribution in [-0.2, 0) is 11.3 Å². The Bertz CT molecular complexity index is 491. The second-order valence-electron chi connectivity index (χ2n) is 5.37. The zero-order valence-electron chi connectivity index (χ0n) is 12.2. The quantitative estimate of drug-likeness (QED) is 0.897.